The quantitative estimate of drug-likeness (QED) is 0.605. The highest BCUT2D eigenvalue weighted by molar-refractivity contribution is 6.31. The lowest BCUT2D eigenvalue weighted by atomic mass is 9.92. The van der Waals surface area contributed by atoms with Crippen LogP contribution in [0.25, 0.3) is 11.1 Å². The topological polar surface area (TPSA) is 101 Å². The smallest absolute Gasteiger partial charge is 0.350 e. The van der Waals surface area contributed by atoms with Gasteiger partial charge in [0.1, 0.15) is 5.54 Å². The van der Waals surface area contributed by atoms with Crippen LogP contribution in [-0.2, 0) is 15.8 Å². The van der Waals surface area contributed by atoms with Gasteiger partial charge in [-0.15, -0.1) is 0 Å². The normalized spacial score (nSPS) is 15.6. The van der Waals surface area contributed by atoms with Crippen molar-refractivity contribution in [1.29, 1.82) is 0 Å². The molecule has 4 N–H and O–H groups in total. The van der Waals surface area contributed by atoms with Gasteiger partial charge in [0, 0.05) is 19.0 Å². The van der Waals surface area contributed by atoms with Crippen molar-refractivity contribution < 1.29 is 27.6 Å². The third kappa shape index (κ3) is 5.11. The zero-order valence-corrected chi connectivity index (χ0v) is 17.8. The van der Waals surface area contributed by atoms with Gasteiger partial charge in [-0.3, -0.25) is 19.7 Å². The van der Waals surface area contributed by atoms with Gasteiger partial charge >= 0.3 is 6.18 Å². The Hall–Kier alpha value is -2.91. The van der Waals surface area contributed by atoms with Gasteiger partial charge in [0.15, 0.2) is 0 Å². The van der Waals surface area contributed by atoms with Crippen LogP contribution in [0.2, 0.25) is 5.02 Å². The number of carbonyl (C=O) groups excluding carboxylic acids is 3. The molecule has 0 heterocycles. The highest BCUT2D eigenvalue weighted by Gasteiger charge is 2.48. The first kappa shape index (κ1) is 23.7. The van der Waals surface area contributed by atoms with Gasteiger partial charge in [-0.2, -0.15) is 13.2 Å². The van der Waals surface area contributed by atoms with E-state index in [4.69, 9.17) is 17.3 Å². The molecule has 0 aliphatic heterocycles. The van der Waals surface area contributed by atoms with Gasteiger partial charge in [-0.05, 0) is 48.1 Å². The molecule has 32 heavy (non-hydrogen) atoms. The lowest BCUT2D eigenvalue weighted by Gasteiger charge is -2.28. The minimum atomic E-state index is -4.60. The van der Waals surface area contributed by atoms with Crippen LogP contribution < -0.4 is 16.4 Å². The molecule has 1 fully saturated rings. The molecule has 10 heteroatoms. The van der Waals surface area contributed by atoms with E-state index in [1.807, 2.05) is 0 Å². The van der Waals surface area contributed by atoms with Gasteiger partial charge in [0.2, 0.25) is 11.8 Å². The number of imide groups is 1. The molecule has 0 radical (unpaired) electrons. The van der Waals surface area contributed by atoms with Gasteiger partial charge < -0.3 is 11.1 Å². The van der Waals surface area contributed by atoms with Gasteiger partial charge in [0.25, 0.3) is 5.91 Å². The summed E-state index contributed by atoms with van der Waals surface area (Å²) in [5, 5.41) is 4.31. The molecule has 1 aliphatic carbocycles. The number of halogens is 4. The Balaban J connectivity index is 1.84. The first-order valence-corrected chi connectivity index (χ1v) is 10.2. The number of nitrogens with two attached hydrogens (primary N) is 1. The summed E-state index contributed by atoms with van der Waals surface area (Å²) in [6.07, 6.45) is -3.21. The average molecular weight is 468 g/mol. The Morgan fingerprint density at radius 2 is 1.78 bits per heavy atom. The third-order valence-electron chi connectivity index (χ3n) is 5.32. The van der Waals surface area contributed by atoms with Crippen LogP contribution in [0.3, 0.4) is 0 Å². The van der Waals surface area contributed by atoms with Crippen molar-refractivity contribution in [3.05, 3.63) is 58.6 Å². The summed E-state index contributed by atoms with van der Waals surface area (Å²) in [4.78, 5) is 36.6. The van der Waals surface area contributed by atoms with E-state index >= 15 is 0 Å². The lowest BCUT2D eigenvalue weighted by molar-refractivity contribution is -0.137. The van der Waals surface area contributed by atoms with Crippen molar-refractivity contribution in [3.63, 3.8) is 0 Å². The molecule has 6 nitrogen and oxygen atoms in total. The standard InChI is InChI=1S/C22H21ClF3N3O3/c1-12(30)29-20(32)21(27,14-7-8-14)11-28-19(31)16-5-3-2-4-15(16)13-6-9-17(18(23)10-13)22(24,25)26/h2-6,9-10,14H,7-8,11,27H2,1H3,(H,28,31)(H,29,30,32). The maximum Gasteiger partial charge on any atom is 0.417 e. The number of amides is 3. The maximum atomic E-state index is 13.0. The first-order valence-electron chi connectivity index (χ1n) is 9.78. The molecular weight excluding hydrogens is 447 g/mol. The zero-order valence-electron chi connectivity index (χ0n) is 17.1. The van der Waals surface area contributed by atoms with Gasteiger partial charge in [-0.1, -0.05) is 35.9 Å². The molecule has 1 unspecified atom stereocenters. The molecule has 0 bridgehead atoms. The molecule has 0 aromatic heterocycles. The Kier molecular flexibility index (Phi) is 6.61. The van der Waals surface area contributed by atoms with E-state index in [2.05, 4.69) is 10.6 Å². The van der Waals surface area contributed by atoms with Crippen LogP contribution in [-0.4, -0.2) is 29.8 Å². The fourth-order valence-corrected chi connectivity index (χ4v) is 3.74. The van der Waals surface area contributed by atoms with Crippen molar-refractivity contribution in [3.8, 4) is 11.1 Å². The molecule has 2 aromatic carbocycles. The molecule has 170 valence electrons. The number of hydrogen-bond donors (Lipinski definition) is 3. The molecule has 3 rings (SSSR count). The summed E-state index contributed by atoms with van der Waals surface area (Å²) in [6, 6.07) is 9.55. The molecular formula is C22H21ClF3N3O3. The predicted octanol–water partition coefficient (Wildman–Crippen LogP) is 3.53. The first-order chi connectivity index (χ1) is 14.9. The van der Waals surface area contributed by atoms with Crippen molar-refractivity contribution in [2.75, 3.05) is 6.54 Å². The average Bonchev–Trinajstić information content (AvgIpc) is 3.56. The second kappa shape index (κ2) is 8.91. The summed E-state index contributed by atoms with van der Waals surface area (Å²) >= 11 is 5.83. The number of hydrogen-bond acceptors (Lipinski definition) is 4. The Labute approximate surface area is 187 Å². The van der Waals surface area contributed by atoms with Crippen molar-refractivity contribution >= 4 is 29.3 Å². The maximum absolute atomic E-state index is 13.0. The van der Waals surface area contributed by atoms with Crippen LogP contribution in [0.15, 0.2) is 42.5 Å². The number of rotatable bonds is 6. The molecule has 1 saturated carbocycles. The minimum absolute atomic E-state index is 0.174. The van der Waals surface area contributed by atoms with E-state index in [9.17, 15) is 27.6 Å². The SMILES string of the molecule is CC(=O)NC(=O)C(N)(CNC(=O)c1ccccc1-c1ccc(C(F)(F)F)c(Cl)c1)C1CC1. The Bertz CT molecular complexity index is 1070. The number of nitrogens with one attached hydrogen (secondary N) is 2. The van der Waals surface area contributed by atoms with Gasteiger partial charge in [-0.25, -0.2) is 0 Å². The molecule has 0 saturated heterocycles. The van der Waals surface area contributed by atoms with E-state index in [-0.39, 0.29) is 18.0 Å². The second-order valence-electron chi connectivity index (χ2n) is 7.75. The van der Waals surface area contributed by atoms with Crippen molar-refractivity contribution in [1.82, 2.24) is 10.6 Å². The van der Waals surface area contributed by atoms with Crippen LogP contribution in [0.1, 0.15) is 35.7 Å². The van der Waals surface area contributed by atoms with E-state index in [1.165, 1.54) is 19.1 Å². The van der Waals surface area contributed by atoms with Crippen molar-refractivity contribution in [2.45, 2.75) is 31.5 Å². The van der Waals surface area contributed by atoms with E-state index in [1.54, 1.807) is 18.2 Å². The Morgan fingerprint density at radius 3 is 2.34 bits per heavy atom. The largest absolute Gasteiger partial charge is 0.417 e. The van der Waals surface area contributed by atoms with Gasteiger partial charge in [0.05, 0.1) is 10.6 Å². The summed E-state index contributed by atoms with van der Waals surface area (Å²) in [6.45, 7) is 0.979. The van der Waals surface area contributed by atoms with Crippen molar-refractivity contribution in [2.24, 2.45) is 11.7 Å². The highest BCUT2D eigenvalue weighted by atomic mass is 35.5. The molecule has 3 amide bonds. The number of carbonyl (C=O) groups is 3. The lowest BCUT2D eigenvalue weighted by Crippen LogP contribution is -2.62. The zero-order chi connectivity index (χ0) is 23.7. The fraction of sp³-hybridized carbons (Fsp3) is 0.318. The third-order valence-corrected chi connectivity index (χ3v) is 5.63. The monoisotopic (exact) mass is 467 g/mol. The highest BCUT2D eigenvalue weighted by Crippen LogP contribution is 2.39. The van der Waals surface area contributed by atoms with Crippen LogP contribution >= 0.6 is 11.6 Å². The van der Waals surface area contributed by atoms with E-state index in [0.29, 0.717) is 24.0 Å². The molecule has 2 aromatic rings. The summed E-state index contributed by atoms with van der Waals surface area (Å²) in [5.74, 6) is -1.97. The van der Waals surface area contributed by atoms with Crippen LogP contribution in [0, 0.1) is 5.92 Å². The number of alkyl halides is 3. The minimum Gasteiger partial charge on any atom is -0.350 e. The second-order valence-corrected chi connectivity index (χ2v) is 8.15. The summed E-state index contributed by atoms with van der Waals surface area (Å²) in [5.41, 5.74) is 4.68. The molecule has 0 spiro atoms. The molecule has 1 atom stereocenters. The molecule has 1 aliphatic rings. The Morgan fingerprint density at radius 1 is 1.12 bits per heavy atom. The summed E-state index contributed by atoms with van der Waals surface area (Å²) < 4.78 is 39.0. The van der Waals surface area contributed by atoms with E-state index < -0.39 is 40.0 Å². The van der Waals surface area contributed by atoms with E-state index in [0.717, 1.165) is 12.1 Å². The summed E-state index contributed by atoms with van der Waals surface area (Å²) in [7, 11) is 0. The number of benzene rings is 2. The van der Waals surface area contributed by atoms with Crippen LogP contribution in [0.4, 0.5) is 13.2 Å². The predicted molar refractivity (Wildman–Crippen MR) is 113 cm³/mol. The van der Waals surface area contributed by atoms with Crippen LogP contribution in [0.5, 0.6) is 0 Å². The fourth-order valence-electron chi connectivity index (χ4n) is 3.45.